The number of nitrogens with one attached hydrogen (secondary N) is 1. The van der Waals surface area contributed by atoms with Crippen molar-refractivity contribution < 1.29 is 4.79 Å². The molecule has 1 unspecified atom stereocenters. The Bertz CT molecular complexity index is 320. The summed E-state index contributed by atoms with van der Waals surface area (Å²) in [5, 5.41) is 7.03. The van der Waals surface area contributed by atoms with E-state index in [4.69, 9.17) is 5.73 Å². The lowest BCUT2D eigenvalue weighted by Crippen LogP contribution is -2.51. The number of carbonyl (C=O) groups excluding carboxylic acids is 1. The summed E-state index contributed by atoms with van der Waals surface area (Å²) in [6.45, 7) is 4.48. The maximum absolute atomic E-state index is 11.7. The van der Waals surface area contributed by atoms with E-state index < -0.39 is 5.54 Å². The summed E-state index contributed by atoms with van der Waals surface area (Å²) in [6, 6.07) is 2.07. The molecule has 1 atom stereocenters. The van der Waals surface area contributed by atoms with Crippen molar-refractivity contribution in [2.45, 2.75) is 38.6 Å². The van der Waals surface area contributed by atoms with Crippen LogP contribution in [0.15, 0.2) is 16.8 Å². The van der Waals surface area contributed by atoms with Crippen LogP contribution in [0.2, 0.25) is 0 Å². The zero-order valence-corrected chi connectivity index (χ0v) is 10.8. The predicted octanol–water partition coefficient (Wildman–Crippen LogP) is 1.92. The first-order valence-corrected chi connectivity index (χ1v) is 6.59. The van der Waals surface area contributed by atoms with Gasteiger partial charge in [-0.3, -0.25) is 4.79 Å². The highest BCUT2D eigenvalue weighted by atomic mass is 32.1. The molecule has 16 heavy (non-hydrogen) atoms. The molecule has 1 aromatic rings. The number of thiophene rings is 1. The zero-order chi connectivity index (χ0) is 12.0. The topological polar surface area (TPSA) is 55.1 Å². The molecule has 1 rings (SSSR count). The Morgan fingerprint density at radius 3 is 2.94 bits per heavy atom. The highest BCUT2D eigenvalue weighted by molar-refractivity contribution is 7.07. The molecule has 0 saturated heterocycles. The first kappa shape index (κ1) is 13.2. The Labute approximate surface area is 101 Å². The summed E-state index contributed by atoms with van der Waals surface area (Å²) in [6.07, 6.45) is 2.51. The third-order valence-electron chi connectivity index (χ3n) is 2.57. The first-order valence-electron chi connectivity index (χ1n) is 5.64. The number of rotatable bonds is 6. The van der Waals surface area contributed by atoms with Gasteiger partial charge < -0.3 is 11.1 Å². The van der Waals surface area contributed by atoms with Crippen molar-refractivity contribution in [3.8, 4) is 0 Å². The van der Waals surface area contributed by atoms with Crippen molar-refractivity contribution in [3.63, 3.8) is 0 Å². The van der Waals surface area contributed by atoms with Crippen LogP contribution in [-0.4, -0.2) is 18.0 Å². The van der Waals surface area contributed by atoms with E-state index in [-0.39, 0.29) is 5.91 Å². The van der Waals surface area contributed by atoms with E-state index in [1.54, 1.807) is 18.3 Å². The van der Waals surface area contributed by atoms with Crippen LogP contribution in [0.25, 0.3) is 0 Å². The third kappa shape index (κ3) is 3.94. The van der Waals surface area contributed by atoms with Gasteiger partial charge in [0.15, 0.2) is 0 Å². The van der Waals surface area contributed by atoms with Crippen LogP contribution in [0.4, 0.5) is 0 Å². The van der Waals surface area contributed by atoms with Gasteiger partial charge in [0.25, 0.3) is 0 Å². The Balaban J connectivity index is 2.30. The van der Waals surface area contributed by atoms with Crippen LogP contribution in [-0.2, 0) is 11.2 Å². The first-order chi connectivity index (χ1) is 7.56. The standard InChI is InChI=1S/C12H20N2OS/c1-3-6-12(2,13)11(15)14-7-4-10-5-8-16-9-10/h5,8-9H,3-4,6-7,13H2,1-2H3,(H,14,15). The van der Waals surface area contributed by atoms with Gasteiger partial charge in [0.2, 0.25) is 5.91 Å². The van der Waals surface area contributed by atoms with Crippen molar-refractivity contribution in [2.24, 2.45) is 5.73 Å². The smallest absolute Gasteiger partial charge is 0.239 e. The van der Waals surface area contributed by atoms with Crippen LogP contribution in [0, 0.1) is 0 Å². The normalized spacial score (nSPS) is 14.4. The third-order valence-corrected chi connectivity index (χ3v) is 3.30. The molecule has 3 N–H and O–H groups in total. The van der Waals surface area contributed by atoms with Gasteiger partial charge in [0.05, 0.1) is 5.54 Å². The maximum atomic E-state index is 11.7. The molecule has 3 nitrogen and oxygen atoms in total. The molecule has 0 saturated carbocycles. The molecule has 1 aromatic heterocycles. The summed E-state index contributed by atoms with van der Waals surface area (Å²) in [4.78, 5) is 11.7. The molecular formula is C12H20N2OS. The number of hydrogen-bond donors (Lipinski definition) is 2. The Morgan fingerprint density at radius 1 is 1.62 bits per heavy atom. The minimum atomic E-state index is -0.733. The fraction of sp³-hybridized carbons (Fsp3) is 0.583. The lowest BCUT2D eigenvalue weighted by molar-refractivity contribution is -0.126. The molecule has 0 aromatic carbocycles. The molecule has 0 radical (unpaired) electrons. The fourth-order valence-corrected chi connectivity index (χ4v) is 2.29. The summed E-state index contributed by atoms with van der Waals surface area (Å²) in [7, 11) is 0. The molecule has 1 heterocycles. The summed E-state index contributed by atoms with van der Waals surface area (Å²) >= 11 is 1.67. The molecule has 90 valence electrons. The SMILES string of the molecule is CCCC(C)(N)C(=O)NCCc1ccsc1. The van der Waals surface area contributed by atoms with Crippen molar-refractivity contribution in [1.82, 2.24) is 5.32 Å². The molecule has 0 aliphatic carbocycles. The van der Waals surface area contributed by atoms with Gasteiger partial charge in [-0.1, -0.05) is 13.3 Å². The van der Waals surface area contributed by atoms with Gasteiger partial charge in [0, 0.05) is 6.54 Å². The second-order valence-electron chi connectivity index (χ2n) is 4.30. The van der Waals surface area contributed by atoms with Gasteiger partial charge in [-0.05, 0) is 42.2 Å². The minimum Gasteiger partial charge on any atom is -0.354 e. The van der Waals surface area contributed by atoms with Gasteiger partial charge in [-0.25, -0.2) is 0 Å². The number of nitrogens with two attached hydrogens (primary N) is 1. The lowest BCUT2D eigenvalue weighted by atomic mass is 9.96. The molecule has 4 heteroatoms. The van der Waals surface area contributed by atoms with E-state index in [0.29, 0.717) is 6.54 Å². The van der Waals surface area contributed by atoms with E-state index in [1.807, 2.05) is 12.3 Å². The summed E-state index contributed by atoms with van der Waals surface area (Å²) < 4.78 is 0. The zero-order valence-electron chi connectivity index (χ0n) is 9.95. The van der Waals surface area contributed by atoms with Crippen molar-refractivity contribution in [3.05, 3.63) is 22.4 Å². The molecule has 0 bridgehead atoms. The molecular weight excluding hydrogens is 220 g/mol. The van der Waals surface area contributed by atoms with Gasteiger partial charge >= 0.3 is 0 Å². The molecule has 1 amide bonds. The van der Waals surface area contributed by atoms with Crippen molar-refractivity contribution in [2.75, 3.05) is 6.54 Å². The van der Waals surface area contributed by atoms with Gasteiger partial charge in [-0.15, -0.1) is 0 Å². The van der Waals surface area contributed by atoms with Crippen molar-refractivity contribution in [1.29, 1.82) is 0 Å². The molecule has 0 spiro atoms. The van der Waals surface area contributed by atoms with E-state index in [2.05, 4.69) is 16.8 Å². The van der Waals surface area contributed by atoms with E-state index >= 15 is 0 Å². The predicted molar refractivity (Wildman–Crippen MR) is 68.5 cm³/mol. The second kappa shape index (κ2) is 6.01. The van der Waals surface area contributed by atoms with Crippen LogP contribution in [0.3, 0.4) is 0 Å². The van der Waals surface area contributed by atoms with Crippen LogP contribution in [0.5, 0.6) is 0 Å². The monoisotopic (exact) mass is 240 g/mol. The van der Waals surface area contributed by atoms with E-state index in [1.165, 1.54) is 5.56 Å². The fourth-order valence-electron chi connectivity index (χ4n) is 1.59. The Hall–Kier alpha value is -0.870. The minimum absolute atomic E-state index is 0.0513. The van der Waals surface area contributed by atoms with Crippen LogP contribution in [0.1, 0.15) is 32.3 Å². The van der Waals surface area contributed by atoms with E-state index in [0.717, 1.165) is 19.3 Å². The number of amides is 1. The number of carbonyl (C=O) groups is 1. The van der Waals surface area contributed by atoms with Gasteiger partial charge in [-0.2, -0.15) is 11.3 Å². The highest BCUT2D eigenvalue weighted by Gasteiger charge is 2.26. The average molecular weight is 240 g/mol. The molecule has 0 aliphatic rings. The Kier molecular flexibility index (Phi) is 4.96. The summed E-state index contributed by atoms with van der Waals surface area (Å²) in [5.74, 6) is -0.0513. The maximum Gasteiger partial charge on any atom is 0.239 e. The van der Waals surface area contributed by atoms with Crippen LogP contribution >= 0.6 is 11.3 Å². The van der Waals surface area contributed by atoms with E-state index in [9.17, 15) is 4.79 Å². The Morgan fingerprint density at radius 2 is 2.38 bits per heavy atom. The molecule has 0 fully saturated rings. The largest absolute Gasteiger partial charge is 0.354 e. The highest BCUT2D eigenvalue weighted by Crippen LogP contribution is 2.09. The van der Waals surface area contributed by atoms with Crippen molar-refractivity contribution >= 4 is 17.2 Å². The lowest BCUT2D eigenvalue weighted by Gasteiger charge is -2.22. The number of hydrogen-bond acceptors (Lipinski definition) is 3. The quantitative estimate of drug-likeness (QED) is 0.798. The molecule has 0 aliphatic heterocycles. The second-order valence-corrected chi connectivity index (χ2v) is 5.08. The average Bonchev–Trinajstić information content (AvgIpc) is 2.70. The van der Waals surface area contributed by atoms with Gasteiger partial charge in [0.1, 0.15) is 0 Å². The summed E-state index contributed by atoms with van der Waals surface area (Å²) in [5.41, 5.74) is 6.45. The van der Waals surface area contributed by atoms with Crippen LogP contribution < -0.4 is 11.1 Å².